The van der Waals surface area contributed by atoms with Gasteiger partial charge >= 0.3 is 6.09 Å². The van der Waals surface area contributed by atoms with Crippen molar-refractivity contribution in [3.8, 4) is 0 Å². The van der Waals surface area contributed by atoms with Crippen LogP contribution in [0, 0.1) is 0 Å². The van der Waals surface area contributed by atoms with Crippen LogP contribution >= 0.6 is 15.9 Å². The molecule has 2 aromatic rings. The number of carbonyl (C=O) groups is 1. The number of cyclic esters (lactones) is 1. The molecule has 0 atom stereocenters. The van der Waals surface area contributed by atoms with Crippen LogP contribution in [-0.2, 0) is 4.74 Å². The van der Waals surface area contributed by atoms with Gasteiger partial charge in [-0.3, -0.25) is 9.88 Å². The van der Waals surface area contributed by atoms with Crippen molar-refractivity contribution in [2.24, 2.45) is 0 Å². The van der Waals surface area contributed by atoms with Crippen molar-refractivity contribution in [3.05, 3.63) is 34.9 Å². The molecule has 1 amide bonds. The largest absolute Gasteiger partial charge is 0.447 e. The molecule has 1 aliphatic heterocycles. The van der Waals surface area contributed by atoms with Crippen LogP contribution in [-0.4, -0.2) is 24.2 Å². The van der Waals surface area contributed by atoms with Crippen molar-refractivity contribution in [2.75, 3.05) is 18.1 Å². The number of aromatic nitrogens is 1. The third-order valence-corrected chi connectivity index (χ3v) is 3.14. The van der Waals surface area contributed by atoms with Crippen LogP contribution in [0.1, 0.15) is 0 Å². The lowest BCUT2D eigenvalue weighted by Gasteiger charge is -2.14. The van der Waals surface area contributed by atoms with E-state index in [1.807, 2.05) is 24.3 Å². The van der Waals surface area contributed by atoms with E-state index in [-0.39, 0.29) is 6.09 Å². The highest BCUT2D eigenvalue weighted by atomic mass is 79.9. The summed E-state index contributed by atoms with van der Waals surface area (Å²) in [4.78, 5) is 17.5. The Morgan fingerprint density at radius 3 is 3.06 bits per heavy atom. The second-order valence-corrected chi connectivity index (χ2v) is 4.68. The zero-order chi connectivity index (χ0) is 11.8. The summed E-state index contributed by atoms with van der Waals surface area (Å²) in [6.45, 7) is 1.02. The summed E-state index contributed by atoms with van der Waals surface area (Å²) in [5.41, 5.74) is 1.62. The molecule has 4 nitrogen and oxygen atoms in total. The van der Waals surface area contributed by atoms with Gasteiger partial charge in [0, 0.05) is 16.1 Å². The Morgan fingerprint density at radius 2 is 2.29 bits per heavy atom. The minimum Gasteiger partial charge on any atom is -0.447 e. The Kier molecular flexibility index (Phi) is 2.48. The third kappa shape index (κ3) is 1.76. The molecule has 0 radical (unpaired) electrons. The molecule has 1 saturated heterocycles. The van der Waals surface area contributed by atoms with Gasteiger partial charge in [-0.2, -0.15) is 0 Å². The summed E-state index contributed by atoms with van der Waals surface area (Å²) in [6, 6.07) is 7.75. The zero-order valence-electron chi connectivity index (χ0n) is 8.89. The van der Waals surface area contributed by atoms with E-state index in [0.29, 0.717) is 13.2 Å². The predicted octanol–water partition coefficient (Wildman–Crippen LogP) is 2.95. The summed E-state index contributed by atoms with van der Waals surface area (Å²) >= 11 is 3.38. The molecule has 0 saturated carbocycles. The zero-order valence-corrected chi connectivity index (χ0v) is 10.5. The predicted molar refractivity (Wildman–Crippen MR) is 68.1 cm³/mol. The first-order valence-corrected chi connectivity index (χ1v) is 6.03. The van der Waals surface area contributed by atoms with Crippen LogP contribution < -0.4 is 4.90 Å². The van der Waals surface area contributed by atoms with Gasteiger partial charge in [-0.25, -0.2) is 4.79 Å². The van der Waals surface area contributed by atoms with Crippen LogP contribution in [0.25, 0.3) is 10.9 Å². The lowest BCUT2D eigenvalue weighted by molar-refractivity contribution is 0.181. The number of anilines is 1. The van der Waals surface area contributed by atoms with Crippen molar-refractivity contribution in [1.82, 2.24) is 4.98 Å². The van der Waals surface area contributed by atoms with Crippen molar-refractivity contribution in [3.63, 3.8) is 0 Å². The maximum absolute atomic E-state index is 11.6. The van der Waals surface area contributed by atoms with Crippen molar-refractivity contribution in [1.29, 1.82) is 0 Å². The average molecular weight is 293 g/mol. The maximum Gasteiger partial charge on any atom is 0.414 e. The fraction of sp³-hybridized carbons (Fsp3) is 0.167. The maximum atomic E-state index is 11.6. The first-order valence-electron chi connectivity index (χ1n) is 5.24. The van der Waals surface area contributed by atoms with Crippen LogP contribution in [0.4, 0.5) is 10.5 Å². The molecule has 1 aromatic carbocycles. The molecular formula is C12H9BrN2O2. The van der Waals surface area contributed by atoms with Gasteiger partial charge in [-0.1, -0.05) is 12.1 Å². The Bertz CT molecular complexity index is 600. The lowest BCUT2D eigenvalue weighted by Crippen LogP contribution is -2.23. The fourth-order valence-corrected chi connectivity index (χ4v) is 2.30. The molecule has 0 N–H and O–H groups in total. The number of carbonyl (C=O) groups excluding carboxylic acids is 1. The van der Waals surface area contributed by atoms with E-state index in [9.17, 15) is 4.79 Å². The third-order valence-electron chi connectivity index (χ3n) is 2.71. The molecule has 1 fully saturated rings. The molecule has 0 spiro atoms. The molecule has 0 bridgehead atoms. The van der Waals surface area contributed by atoms with Gasteiger partial charge < -0.3 is 4.74 Å². The van der Waals surface area contributed by atoms with E-state index < -0.39 is 0 Å². The van der Waals surface area contributed by atoms with Crippen molar-refractivity contribution < 1.29 is 9.53 Å². The van der Waals surface area contributed by atoms with Gasteiger partial charge in [0.2, 0.25) is 0 Å². The molecule has 1 aromatic heterocycles. The smallest absolute Gasteiger partial charge is 0.414 e. The van der Waals surface area contributed by atoms with E-state index in [1.165, 1.54) is 0 Å². The summed E-state index contributed by atoms with van der Waals surface area (Å²) < 4.78 is 5.86. The number of hydrogen-bond acceptors (Lipinski definition) is 3. The monoisotopic (exact) mass is 292 g/mol. The number of fused-ring (bicyclic) bond motifs is 1. The first-order chi connectivity index (χ1) is 8.25. The van der Waals surface area contributed by atoms with Crippen LogP contribution in [0.5, 0.6) is 0 Å². The van der Waals surface area contributed by atoms with E-state index in [0.717, 1.165) is 21.1 Å². The molecule has 0 aliphatic carbocycles. The minimum atomic E-state index is -0.304. The van der Waals surface area contributed by atoms with Crippen molar-refractivity contribution in [2.45, 2.75) is 0 Å². The summed E-state index contributed by atoms with van der Waals surface area (Å²) in [5, 5.41) is 0.997. The molecule has 2 heterocycles. The number of amides is 1. The topological polar surface area (TPSA) is 42.4 Å². The minimum absolute atomic E-state index is 0.304. The Hall–Kier alpha value is -1.62. The Labute approximate surface area is 106 Å². The number of rotatable bonds is 1. The number of pyridine rings is 1. The summed E-state index contributed by atoms with van der Waals surface area (Å²) in [6.07, 6.45) is 1.43. The lowest BCUT2D eigenvalue weighted by atomic mass is 10.2. The van der Waals surface area contributed by atoms with Crippen LogP contribution in [0.2, 0.25) is 0 Å². The number of para-hydroxylation sites is 1. The Balaban J connectivity index is 2.19. The number of halogens is 1. The normalized spacial score (nSPS) is 15.4. The SMILES string of the molecule is O=C1OCCN1c1cccc2cc(Br)cnc12. The standard InChI is InChI=1S/C12H9BrN2O2/c13-9-6-8-2-1-3-10(11(8)14-7-9)15-4-5-17-12(15)16/h1-3,6-7H,4-5H2. The quantitative estimate of drug-likeness (QED) is 0.812. The molecule has 3 rings (SSSR count). The number of hydrogen-bond donors (Lipinski definition) is 0. The van der Waals surface area contributed by atoms with E-state index in [1.54, 1.807) is 11.1 Å². The van der Waals surface area contributed by atoms with Gasteiger partial charge in [0.1, 0.15) is 6.61 Å². The second-order valence-electron chi connectivity index (χ2n) is 3.77. The van der Waals surface area contributed by atoms with Crippen LogP contribution in [0.15, 0.2) is 34.9 Å². The molecule has 86 valence electrons. The number of nitrogens with zero attached hydrogens (tertiary/aromatic N) is 2. The molecular weight excluding hydrogens is 284 g/mol. The molecule has 1 aliphatic rings. The average Bonchev–Trinajstić information content (AvgIpc) is 2.74. The van der Waals surface area contributed by atoms with Gasteiger partial charge in [0.15, 0.2) is 0 Å². The fourth-order valence-electron chi connectivity index (χ4n) is 1.95. The molecule has 5 heteroatoms. The first kappa shape index (κ1) is 10.5. The Morgan fingerprint density at radius 1 is 1.41 bits per heavy atom. The van der Waals surface area contributed by atoms with Crippen LogP contribution in [0.3, 0.4) is 0 Å². The van der Waals surface area contributed by atoms with Gasteiger partial charge in [-0.15, -0.1) is 0 Å². The van der Waals surface area contributed by atoms with Gasteiger partial charge in [0.05, 0.1) is 17.7 Å². The summed E-state index contributed by atoms with van der Waals surface area (Å²) in [7, 11) is 0. The molecule has 17 heavy (non-hydrogen) atoms. The van der Waals surface area contributed by atoms with E-state index >= 15 is 0 Å². The van der Waals surface area contributed by atoms with E-state index in [2.05, 4.69) is 20.9 Å². The highest BCUT2D eigenvalue weighted by molar-refractivity contribution is 9.10. The number of ether oxygens (including phenoxy) is 1. The highest BCUT2D eigenvalue weighted by Crippen LogP contribution is 2.28. The van der Waals surface area contributed by atoms with E-state index in [4.69, 9.17) is 4.74 Å². The second kappa shape index (κ2) is 4.00. The van der Waals surface area contributed by atoms with Gasteiger partial charge in [-0.05, 0) is 28.1 Å². The highest BCUT2D eigenvalue weighted by Gasteiger charge is 2.25. The van der Waals surface area contributed by atoms with Gasteiger partial charge in [0.25, 0.3) is 0 Å². The summed E-state index contributed by atoms with van der Waals surface area (Å²) in [5.74, 6) is 0. The van der Waals surface area contributed by atoms with Crippen molar-refractivity contribution >= 4 is 38.6 Å². The molecule has 0 unspecified atom stereocenters. The number of benzene rings is 1.